The van der Waals surface area contributed by atoms with E-state index in [1.165, 1.54) is 12.7 Å². The van der Waals surface area contributed by atoms with Crippen LogP contribution in [0.3, 0.4) is 0 Å². The largest absolute Gasteiger partial charge is 0.393 e. The van der Waals surface area contributed by atoms with Crippen molar-refractivity contribution < 1.29 is 19.7 Å². The van der Waals surface area contributed by atoms with Crippen molar-refractivity contribution in [1.29, 1.82) is 0 Å². The predicted octanol–water partition coefficient (Wildman–Crippen LogP) is -1.18. The van der Waals surface area contributed by atoms with Crippen LogP contribution in [0.1, 0.15) is 12.6 Å². The van der Waals surface area contributed by atoms with Crippen molar-refractivity contribution in [3.63, 3.8) is 0 Å². The molecule has 2 bridgehead atoms. The normalized spacial score (nSPS) is 35.4. The standard InChI is InChI=1S/C12H15N5O4/c13-9-6-10(15-4-14-9)17(5-16-6)11-7-8(19)12(3-18,21-11)1-2-20-7/h4-5,7-8,11,18-19H,1-3H2,(H2,13,14,15)/t7?,8?,11-,12-/m1/s1. The summed E-state index contributed by atoms with van der Waals surface area (Å²) in [5.41, 5.74) is 5.74. The van der Waals surface area contributed by atoms with Gasteiger partial charge in [0.25, 0.3) is 0 Å². The van der Waals surface area contributed by atoms with E-state index in [4.69, 9.17) is 15.2 Å². The molecule has 112 valence electrons. The third-order valence-electron chi connectivity index (χ3n) is 4.25. The smallest absolute Gasteiger partial charge is 0.167 e. The molecular formula is C12H15N5O4. The van der Waals surface area contributed by atoms with Crippen molar-refractivity contribution in [3.05, 3.63) is 12.7 Å². The third kappa shape index (κ3) is 1.62. The molecule has 0 aliphatic carbocycles. The number of nitrogens with two attached hydrogens (primary N) is 1. The molecule has 0 aromatic carbocycles. The SMILES string of the molecule is Nc1ncnc2c1ncn2[C@@H]1O[C@@]2(CO)CCOC1C2O. The van der Waals surface area contributed by atoms with Crippen LogP contribution in [-0.2, 0) is 9.47 Å². The van der Waals surface area contributed by atoms with Gasteiger partial charge >= 0.3 is 0 Å². The first kappa shape index (κ1) is 12.9. The van der Waals surface area contributed by atoms with Crippen molar-refractivity contribution >= 4 is 17.0 Å². The molecule has 9 nitrogen and oxygen atoms in total. The van der Waals surface area contributed by atoms with E-state index in [0.717, 1.165) is 0 Å². The molecule has 4 N–H and O–H groups in total. The van der Waals surface area contributed by atoms with Crippen LogP contribution in [0.4, 0.5) is 5.82 Å². The number of nitrogens with zero attached hydrogens (tertiary/aromatic N) is 4. The topological polar surface area (TPSA) is 129 Å². The summed E-state index contributed by atoms with van der Waals surface area (Å²) in [7, 11) is 0. The van der Waals surface area contributed by atoms with Crippen LogP contribution in [-0.4, -0.2) is 60.8 Å². The van der Waals surface area contributed by atoms with Gasteiger partial charge in [-0.15, -0.1) is 0 Å². The van der Waals surface area contributed by atoms with Crippen molar-refractivity contribution in [1.82, 2.24) is 19.5 Å². The van der Waals surface area contributed by atoms with Gasteiger partial charge in [0, 0.05) is 6.42 Å². The highest BCUT2D eigenvalue weighted by Crippen LogP contribution is 2.44. The number of aromatic nitrogens is 4. The highest BCUT2D eigenvalue weighted by molar-refractivity contribution is 5.81. The van der Waals surface area contributed by atoms with Gasteiger partial charge in [0.2, 0.25) is 0 Å². The summed E-state index contributed by atoms with van der Waals surface area (Å²) < 4.78 is 13.2. The second-order valence-electron chi connectivity index (χ2n) is 5.34. The number of aliphatic hydroxyl groups excluding tert-OH is 2. The van der Waals surface area contributed by atoms with E-state index >= 15 is 0 Å². The van der Waals surface area contributed by atoms with E-state index in [1.54, 1.807) is 4.57 Å². The molecule has 2 fully saturated rings. The number of hydrogen-bond donors (Lipinski definition) is 3. The second-order valence-corrected chi connectivity index (χ2v) is 5.34. The molecule has 4 atom stereocenters. The molecule has 0 saturated carbocycles. The Kier molecular flexibility index (Phi) is 2.67. The van der Waals surface area contributed by atoms with Crippen LogP contribution < -0.4 is 5.73 Å². The lowest BCUT2D eigenvalue weighted by Crippen LogP contribution is -2.51. The summed E-state index contributed by atoms with van der Waals surface area (Å²) in [6.07, 6.45) is 1.20. The fourth-order valence-electron chi connectivity index (χ4n) is 3.06. The third-order valence-corrected chi connectivity index (χ3v) is 4.25. The van der Waals surface area contributed by atoms with Gasteiger partial charge in [-0.05, 0) is 0 Å². The summed E-state index contributed by atoms with van der Waals surface area (Å²) >= 11 is 0. The first-order chi connectivity index (χ1) is 10.2. The van der Waals surface area contributed by atoms with Crippen molar-refractivity contribution in [3.8, 4) is 0 Å². The zero-order valence-electron chi connectivity index (χ0n) is 11.1. The predicted molar refractivity (Wildman–Crippen MR) is 70.0 cm³/mol. The zero-order valence-corrected chi connectivity index (χ0v) is 11.1. The molecular weight excluding hydrogens is 278 g/mol. The van der Waals surface area contributed by atoms with E-state index < -0.39 is 24.0 Å². The minimum absolute atomic E-state index is 0.270. The molecule has 2 aromatic heterocycles. The number of aliphatic hydroxyl groups is 2. The Hall–Kier alpha value is -1.81. The minimum Gasteiger partial charge on any atom is -0.393 e. The average molecular weight is 293 g/mol. The van der Waals surface area contributed by atoms with E-state index in [0.29, 0.717) is 24.2 Å². The Morgan fingerprint density at radius 1 is 1.43 bits per heavy atom. The van der Waals surface area contributed by atoms with Crippen LogP contribution in [0.5, 0.6) is 0 Å². The molecule has 9 heteroatoms. The fourth-order valence-corrected chi connectivity index (χ4v) is 3.06. The number of rotatable bonds is 2. The van der Waals surface area contributed by atoms with Crippen LogP contribution in [0.25, 0.3) is 11.2 Å². The van der Waals surface area contributed by atoms with Gasteiger partial charge in [-0.1, -0.05) is 0 Å². The second kappa shape index (κ2) is 4.34. The Morgan fingerprint density at radius 3 is 3.05 bits per heavy atom. The van der Waals surface area contributed by atoms with Crippen molar-refractivity contribution in [2.45, 2.75) is 30.5 Å². The number of fused-ring (bicyclic) bond motifs is 3. The Labute approximate surface area is 119 Å². The number of anilines is 1. The van der Waals surface area contributed by atoms with E-state index in [-0.39, 0.29) is 12.4 Å². The molecule has 0 radical (unpaired) electrons. The van der Waals surface area contributed by atoms with E-state index in [9.17, 15) is 10.2 Å². The monoisotopic (exact) mass is 293 g/mol. The molecule has 0 spiro atoms. The first-order valence-corrected chi connectivity index (χ1v) is 6.68. The summed E-state index contributed by atoms with van der Waals surface area (Å²) in [6.45, 7) is 0.150. The quantitative estimate of drug-likeness (QED) is 0.631. The van der Waals surface area contributed by atoms with Gasteiger partial charge in [0.1, 0.15) is 29.7 Å². The van der Waals surface area contributed by atoms with Crippen LogP contribution in [0.15, 0.2) is 12.7 Å². The molecule has 4 heterocycles. The minimum atomic E-state index is -0.997. The summed E-state index contributed by atoms with van der Waals surface area (Å²) in [6, 6.07) is 0. The average Bonchev–Trinajstić information content (AvgIpc) is 2.96. The lowest BCUT2D eigenvalue weighted by Gasteiger charge is -2.33. The maximum atomic E-state index is 10.4. The molecule has 2 saturated heterocycles. The molecule has 2 aliphatic rings. The van der Waals surface area contributed by atoms with Crippen molar-refractivity contribution in [2.75, 3.05) is 18.9 Å². The first-order valence-electron chi connectivity index (χ1n) is 6.68. The van der Waals surface area contributed by atoms with Gasteiger partial charge in [-0.25, -0.2) is 15.0 Å². The van der Waals surface area contributed by atoms with Gasteiger partial charge < -0.3 is 25.4 Å². The van der Waals surface area contributed by atoms with Crippen LogP contribution in [0, 0.1) is 0 Å². The molecule has 2 aromatic rings. The molecule has 21 heavy (non-hydrogen) atoms. The number of ether oxygens (including phenoxy) is 2. The lowest BCUT2D eigenvalue weighted by molar-refractivity contribution is -0.143. The van der Waals surface area contributed by atoms with Gasteiger partial charge in [0.05, 0.1) is 19.5 Å². The number of hydrogen-bond acceptors (Lipinski definition) is 8. The Morgan fingerprint density at radius 2 is 2.29 bits per heavy atom. The summed E-state index contributed by atoms with van der Waals surface area (Å²) in [5, 5.41) is 20.0. The number of imidazole rings is 1. The fraction of sp³-hybridized carbons (Fsp3) is 0.583. The van der Waals surface area contributed by atoms with Crippen LogP contribution in [0.2, 0.25) is 0 Å². The lowest BCUT2D eigenvalue weighted by atomic mass is 9.90. The highest BCUT2D eigenvalue weighted by Gasteiger charge is 2.58. The molecule has 4 rings (SSSR count). The maximum Gasteiger partial charge on any atom is 0.167 e. The van der Waals surface area contributed by atoms with Gasteiger partial charge in [0.15, 0.2) is 17.7 Å². The Bertz CT molecular complexity index is 691. The molecule has 2 aliphatic heterocycles. The highest BCUT2D eigenvalue weighted by atomic mass is 16.6. The zero-order chi connectivity index (χ0) is 14.6. The molecule has 0 amide bonds. The van der Waals surface area contributed by atoms with Gasteiger partial charge in [-0.2, -0.15) is 0 Å². The summed E-state index contributed by atoms with van der Waals surface area (Å²) in [5.74, 6) is 0.276. The van der Waals surface area contributed by atoms with E-state index in [1.807, 2.05) is 0 Å². The van der Waals surface area contributed by atoms with Gasteiger partial charge in [-0.3, -0.25) is 4.57 Å². The molecule has 2 unspecified atom stereocenters. The van der Waals surface area contributed by atoms with Crippen LogP contribution >= 0.6 is 0 Å². The Balaban J connectivity index is 1.81. The number of nitrogen functional groups attached to an aromatic ring is 1. The van der Waals surface area contributed by atoms with Crippen molar-refractivity contribution in [2.24, 2.45) is 0 Å². The summed E-state index contributed by atoms with van der Waals surface area (Å²) in [4.78, 5) is 12.2. The maximum absolute atomic E-state index is 10.4. The van der Waals surface area contributed by atoms with E-state index in [2.05, 4.69) is 15.0 Å².